The molecule has 1 aromatic rings. The molecule has 0 amide bonds. The maximum atomic E-state index is 11.1. The molecule has 4 heteroatoms. The highest BCUT2D eigenvalue weighted by molar-refractivity contribution is 5.73. The molecule has 1 aliphatic heterocycles. The van der Waals surface area contributed by atoms with Crippen molar-refractivity contribution in [2.24, 2.45) is 0 Å². The smallest absolute Gasteiger partial charge is 0.320 e. The van der Waals surface area contributed by atoms with E-state index in [9.17, 15) is 4.79 Å². The topological polar surface area (TPSA) is 52.6 Å². The van der Waals surface area contributed by atoms with Gasteiger partial charge in [0.1, 0.15) is 6.04 Å². The first kappa shape index (κ1) is 15.0. The Balaban J connectivity index is 1.92. The number of likely N-dealkylation sites (N-methyl/N-ethyl adjacent to an activating group) is 1. The summed E-state index contributed by atoms with van der Waals surface area (Å²) >= 11 is 0. The third-order valence-corrected chi connectivity index (χ3v) is 3.92. The number of carboxylic acids is 1. The molecule has 1 aromatic carbocycles. The summed E-state index contributed by atoms with van der Waals surface area (Å²) in [5.41, 5.74) is 2.83. The number of carboxylic acid groups (broad SMARTS) is 1. The molecule has 0 fully saturated rings. The van der Waals surface area contributed by atoms with E-state index in [0.717, 1.165) is 32.5 Å². The van der Waals surface area contributed by atoms with Crippen LogP contribution in [0, 0.1) is 0 Å². The molecular weight excluding hydrogens is 252 g/mol. The predicted molar refractivity (Wildman–Crippen MR) is 79.8 cm³/mol. The van der Waals surface area contributed by atoms with Crippen LogP contribution in [0.1, 0.15) is 30.9 Å². The Hall–Kier alpha value is -1.39. The number of fused-ring (bicyclic) bond motifs is 1. The molecule has 0 aromatic heterocycles. The summed E-state index contributed by atoms with van der Waals surface area (Å²) in [6, 6.07) is 8.14. The molecular formula is C16H24N2O2. The van der Waals surface area contributed by atoms with Crippen LogP contribution in [0.4, 0.5) is 0 Å². The van der Waals surface area contributed by atoms with Crippen molar-refractivity contribution in [3.8, 4) is 0 Å². The third kappa shape index (κ3) is 4.05. The summed E-state index contributed by atoms with van der Waals surface area (Å²) in [5.74, 6) is -0.748. The second-order valence-electron chi connectivity index (χ2n) is 5.39. The van der Waals surface area contributed by atoms with Crippen molar-refractivity contribution in [2.75, 3.05) is 19.6 Å². The van der Waals surface area contributed by atoms with Gasteiger partial charge < -0.3 is 10.4 Å². The van der Waals surface area contributed by atoms with Crippen molar-refractivity contribution in [1.29, 1.82) is 0 Å². The predicted octanol–water partition coefficient (Wildman–Crippen LogP) is 1.89. The van der Waals surface area contributed by atoms with E-state index in [0.29, 0.717) is 13.0 Å². The van der Waals surface area contributed by atoms with Crippen molar-refractivity contribution >= 4 is 5.97 Å². The molecule has 1 unspecified atom stereocenters. The Morgan fingerprint density at radius 1 is 1.40 bits per heavy atom. The maximum absolute atomic E-state index is 11.1. The molecule has 0 bridgehead atoms. The molecule has 1 aliphatic rings. The highest BCUT2D eigenvalue weighted by Gasteiger charge is 2.19. The Bertz CT molecular complexity index is 448. The average molecular weight is 276 g/mol. The number of hydrogen-bond donors (Lipinski definition) is 2. The van der Waals surface area contributed by atoms with E-state index in [4.69, 9.17) is 5.11 Å². The molecule has 0 saturated heterocycles. The van der Waals surface area contributed by atoms with Gasteiger partial charge in [-0.05, 0) is 43.5 Å². The summed E-state index contributed by atoms with van der Waals surface area (Å²) in [7, 11) is 0. The zero-order valence-electron chi connectivity index (χ0n) is 12.1. The van der Waals surface area contributed by atoms with E-state index < -0.39 is 12.0 Å². The first-order chi connectivity index (χ1) is 9.70. The standard InChI is InChI=1S/C16H24N2O2/c1-2-17-15(16(19)20)9-11-18-10-5-8-13-6-3-4-7-14(13)12-18/h3-4,6-7,15,17H,2,5,8-12H2,1H3,(H,19,20). The van der Waals surface area contributed by atoms with Gasteiger partial charge in [0.2, 0.25) is 0 Å². The number of rotatable bonds is 6. The fourth-order valence-electron chi connectivity index (χ4n) is 2.83. The molecule has 0 saturated carbocycles. The lowest BCUT2D eigenvalue weighted by Crippen LogP contribution is -2.39. The minimum Gasteiger partial charge on any atom is -0.480 e. The Morgan fingerprint density at radius 3 is 2.85 bits per heavy atom. The number of aliphatic carboxylic acids is 1. The molecule has 0 spiro atoms. The minimum absolute atomic E-state index is 0.432. The molecule has 1 heterocycles. The van der Waals surface area contributed by atoms with Gasteiger partial charge >= 0.3 is 5.97 Å². The summed E-state index contributed by atoms with van der Waals surface area (Å²) in [5, 5.41) is 12.2. The van der Waals surface area contributed by atoms with Crippen LogP contribution in [-0.4, -0.2) is 41.7 Å². The number of aryl methyl sites for hydroxylation is 1. The maximum Gasteiger partial charge on any atom is 0.320 e. The first-order valence-corrected chi connectivity index (χ1v) is 7.46. The minimum atomic E-state index is -0.748. The van der Waals surface area contributed by atoms with Gasteiger partial charge in [0.15, 0.2) is 0 Å². The quantitative estimate of drug-likeness (QED) is 0.833. The Labute approximate surface area is 120 Å². The summed E-state index contributed by atoms with van der Waals surface area (Å²) < 4.78 is 0. The van der Waals surface area contributed by atoms with Crippen LogP contribution in [0.15, 0.2) is 24.3 Å². The fourth-order valence-corrected chi connectivity index (χ4v) is 2.83. The van der Waals surface area contributed by atoms with Crippen molar-refractivity contribution < 1.29 is 9.90 Å². The SMILES string of the molecule is CCNC(CCN1CCCc2ccccc2C1)C(=O)O. The molecule has 110 valence electrons. The zero-order valence-corrected chi connectivity index (χ0v) is 12.1. The van der Waals surface area contributed by atoms with Crippen LogP contribution in [0.2, 0.25) is 0 Å². The van der Waals surface area contributed by atoms with E-state index in [-0.39, 0.29) is 0 Å². The molecule has 20 heavy (non-hydrogen) atoms. The van der Waals surface area contributed by atoms with Crippen LogP contribution < -0.4 is 5.32 Å². The molecule has 0 radical (unpaired) electrons. The zero-order chi connectivity index (χ0) is 14.4. The van der Waals surface area contributed by atoms with E-state index in [2.05, 4.69) is 34.5 Å². The normalized spacial score (nSPS) is 17.2. The molecule has 2 N–H and O–H groups in total. The highest BCUT2D eigenvalue weighted by atomic mass is 16.4. The highest BCUT2D eigenvalue weighted by Crippen LogP contribution is 2.18. The van der Waals surface area contributed by atoms with E-state index in [1.54, 1.807) is 0 Å². The second kappa shape index (κ2) is 7.41. The van der Waals surface area contributed by atoms with Gasteiger partial charge in [0.25, 0.3) is 0 Å². The lowest BCUT2D eigenvalue weighted by atomic mass is 10.0. The number of benzene rings is 1. The van der Waals surface area contributed by atoms with Crippen LogP contribution >= 0.6 is 0 Å². The van der Waals surface area contributed by atoms with Gasteiger partial charge in [0, 0.05) is 13.1 Å². The van der Waals surface area contributed by atoms with Crippen LogP contribution in [0.3, 0.4) is 0 Å². The van der Waals surface area contributed by atoms with Crippen LogP contribution in [0.25, 0.3) is 0 Å². The molecule has 4 nitrogen and oxygen atoms in total. The van der Waals surface area contributed by atoms with Crippen molar-refractivity contribution in [3.63, 3.8) is 0 Å². The first-order valence-electron chi connectivity index (χ1n) is 7.46. The van der Waals surface area contributed by atoms with Gasteiger partial charge in [-0.15, -0.1) is 0 Å². The summed E-state index contributed by atoms with van der Waals surface area (Å²) in [4.78, 5) is 13.5. The van der Waals surface area contributed by atoms with Gasteiger partial charge in [-0.1, -0.05) is 31.2 Å². The second-order valence-corrected chi connectivity index (χ2v) is 5.39. The van der Waals surface area contributed by atoms with Gasteiger partial charge in [0.05, 0.1) is 0 Å². The summed E-state index contributed by atoms with van der Waals surface area (Å²) in [6.45, 7) is 5.46. The number of nitrogens with one attached hydrogen (secondary N) is 1. The van der Waals surface area contributed by atoms with Gasteiger partial charge in [-0.25, -0.2) is 0 Å². The fraction of sp³-hybridized carbons (Fsp3) is 0.562. The monoisotopic (exact) mass is 276 g/mol. The van der Waals surface area contributed by atoms with Crippen molar-refractivity contribution in [1.82, 2.24) is 10.2 Å². The van der Waals surface area contributed by atoms with Crippen LogP contribution in [-0.2, 0) is 17.8 Å². The van der Waals surface area contributed by atoms with Gasteiger partial charge in [-0.3, -0.25) is 9.69 Å². The lowest BCUT2D eigenvalue weighted by molar-refractivity contribution is -0.139. The average Bonchev–Trinajstić information content (AvgIpc) is 2.64. The van der Waals surface area contributed by atoms with E-state index in [1.165, 1.54) is 11.1 Å². The van der Waals surface area contributed by atoms with Crippen LogP contribution in [0.5, 0.6) is 0 Å². The number of nitrogens with zero attached hydrogens (tertiary/aromatic N) is 1. The largest absolute Gasteiger partial charge is 0.480 e. The molecule has 2 rings (SSSR count). The number of carbonyl (C=O) groups is 1. The third-order valence-electron chi connectivity index (χ3n) is 3.92. The Morgan fingerprint density at radius 2 is 2.15 bits per heavy atom. The van der Waals surface area contributed by atoms with E-state index in [1.807, 2.05) is 6.92 Å². The molecule has 1 atom stereocenters. The summed E-state index contributed by atoms with van der Waals surface area (Å²) in [6.07, 6.45) is 2.93. The number of hydrogen-bond acceptors (Lipinski definition) is 3. The van der Waals surface area contributed by atoms with Crippen molar-refractivity contribution in [2.45, 2.75) is 38.8 Å². The van der Waals surface area contributed by atoms with Gasteiger partial charge in [-0.2, -0.15) is 0 Å². The van der Waals surface area contributed by atoms with Crippen molar-refractivity contribution in [3.05, 3.63) is 35.4 Å². The Kier molecular flexibility index (Phi) is 5.56. The molecule has 0 aliphatic carbocycles. The van der Waals surface area contributed by atoms with E-state index >= 15 is 0 Å². The lowest BCUT2D eigenvalue weighted by Gasteiger charge is -2.22.